The zero-order valence-corrected chi connectivity index (χ0v) is 48.7. The van der Waals surface area contributed by atoms with Gasteiger partial charge in [0.05, 0.1) is 36.1 Å². The molecule has 24 nitrogen and oxygen atoms in total. The van der Waals surface area contributed by atoms with Crippen LogP contribution in [0.3, 0.4) is 0 Å². The quantitative estimate of drug-likeness (QED) is 0.0362. The van der Waals surface area contributed by atoms with Gasteiger partial charge in [-0.1, -0.05) is 91.5 Å². The molecule has 11 amide bonds. The summed E-state index contributed by atoms with van der Waals surface area (Å²) in [4.78, 5) is 171. The fourth-order valence-electron chi connectivity index (χ4n) is 12.4. The van der Waals surface area contributed by atoms with E-state index in [9.17, 15) is 57.5 Å². The number of carbonyl (C=O) groups excluding carboxylic acids is 12. The average molecular weight is 1160 g/mol. The van der Waals surface area contributed by atoms with Gasteiger partial charge >= 0.3 is 0 Å². The predicted molar refractivity (Wildman–Crippen MR) is 305 cm³/mol. The molecule has 0 spiro atoms. The summed E-state index contributed by atoms with van der Waals surface area (Å²) in [6, 6.07) is -0.556. The molecule has 2 aromatic rings. The first kappa shape index (κ1) is 62.4. The van der Waals surface area contributed by atoms with Crippen molar-refractivity contribution in [1.29, 1.82) is 0 Å². The van der Waals surface area contributed by atoms with Gasteiger partial charge in [0, 0.05) is 37.8 Å². The lowest BCUT2D eigenvalue weighted by Crippen LogP contribution is -2.62. The van der Waals surface area contributed by atoms with Gasteiger partial charge in [-0.3, -0.25) is 67.8 Å². The number of amides is 11. The molecule has 5 fully saturated rings. The van der Waals surface area contributed by atoms with E-state index in [4.69, 9.17) is 0 Å². The van der Waals surface area contributed by atoms with Crippen LogP contribution in [0.1, 0.15) is 198 Å². The summed E-state index contributed by atoms with van der Waals surface area (Å²) in [7, 11) is 0. The standard InChI is InChI=1S/C60H82N12O12/c1-5-17-40(49(75)56(81)66-36-24-25-36)67-55(80)48-37-21-15-20-35(37)33-71(48)59(84)50(60(2,3)4)70-54(79)47(34-18-11-10-12-19-34)69-52(77)42-31-63-41(30-64-42)51(76)62-29-14-9-7-6-8-13-28-61-45(74)32-65-39-23-16-22-38-46(39)58(83)72(57(38)82)43-26-27-44(73)68-53(43)78/h16,22-23,30-31,34-37,40,43,47-48,50,65H,5-15,17-21,24-29,32-33H2,1-4H3,(H,61,74)(H,62,76)(H,66,81)(H,67,80)(H,69,77)(H,70,79)(H,68,73,78)/t35-,37-,40-,43?,47-,48-,50+/m0/s1. The average Bonchev–Trinajstić information content (AvgIpc) is 2.92. The van der Waals surface area contributed by atoms with E-state index in [1.807, 2.05) is 27.7 Å². The van der Waals surface area contributed by atoms with Crippen LogP contribution in [0, 0.1) is 23.2 Å². The van der Waals surface area contributed by atoms with E-state index in [1.165, 1.54) is 18.5 Å². The van der Waals surface area contributed by atoms with E-state index < -0.39 is 100 Å². The van der Waals surface area contributed by atoms with Crippen LogP contribution in [0.25, 0.3) is 0 Å². The molecule has 7 atom stereocenters. The number of benzene rings is 1. The number of nitrogens with one attached hydrogen (secondary N) is 8. The van der Waals surface area contributed by atoms with Gasteiger partial charge in [0.15, 0.2) is 0 Å². The van der Waals surface area contributed by atoms with Gasteiger partial charge in [0.2, 0.25) is 41.2 Å². The number of nitrogens with zero attached hydrogens (tertiary/aromatic N) is 4. The topological polar surface area (TPSA) is 333 Å². The number of fused-ring (bicyclic) bond motifs is 2. The number of ketones is 1. The van der Waals surface area contributed by atoms with Crippen LogP contribution < -0.4 is 42.5 Å². The van der Waals surface area contributed by atoms with Gasteiger partial charge in [0.1, 0.15) is 35.6 Å². The first-order chi connectivity index (χ1) is 40.2. The van der Waals surface area contributed by atoms with E-state index in [0.717, 1.165) is 81.9 Å². The molecule has 1 aromatic heterocycles. The lowest BCUT2D eigenvalue weighted by atomic mass is 9.82. The van der Waals surface area contributed by atoms with Crippen LogP contribution in [-0.2, 0) is 38.4 Å². The normalized spacial score (nSPS) is 21.5. The van der Waals surface area contributed by atoms with Gasteiger partial charge in [-0.15, -0.1) is 0 Å². The van der Waals surface area contributed by atoms with Crippen LogP contribution in [-0.4, -0.2) is 153 Å². The van der Waals surface area contributed by atoms with Crippen molar-refractivity contribution >= 4 is 76.4 Å². The maximum absolute atomic E-state index is 14.9. The minimum atomic E-state index is -1.10. The summed E-state index contributed by atoms with van der Waals surface area (Å²) in [6.07, 6.45) is 16.2. The number of rotatable bonds is 27. The van der Waals surface area contributed by atoms with Gasteiger partial charge in [-0.25, -0.2) is 9.97 Å². The lowest BCUT2D eigenvalue weighted by Gasteiger charge is -2.38. The third kappa shape index (κ3) is 15.4. The van der Waals surface area contributed by atoms with Crippen molar-refractivity contribution < 1.29 is 57.5 Å². The fourth-order valence-corrected chi connectivity index (χ4v) is 12.4. The third-order valence-corrected chi connectivity index (χ3v) is 17.1. The molecule has 24 heteroatoms. The fraction of sp³-hybridized carbons (Fsp3) is 0.633. The Hall–Kier alpha value is -7.66. The first-order valence-corrected chi connectivity index (χ1v) is 30.3. The molecule has 84 heavy (non-hydrogen) atoms. The van der Waals surface area contributed by atoms with E-state index >= 15 is 0 Å². The predicted octanol–water partition coefficient (Wildman–Crippen LogP) is 3.15. The summed E-state index contributed by atoms with van der Waals surface area (Å²) in [5, 5.41) is 22.3. The molecule has 454 valence electrons. The second kappa shape index (κ2) is 28.3. The Morgan fingerprint density at radius 2 is 1.42 bits per heavy atom. The highest BCUT2D eigenvalue weighted by molar-refractivity contribution is 6.38. The number of piperidine rings is 1. The molecule has 0 radical (unpaired) electrons. The zero-order valence-electron chi connectivity index (χ0n) is 48.7. The summed E-state index contributed by atoms with van der Waals surface area (Å²) in [5.41, 5.74) is -0.451. The van der Waals surface area contributed by atoms with Gasteiger partial charge < -0.3 is 42.1 Å². The smallest absolute Gasteiger partial charge is 0.289 e. The molecule has 3 saturated carbocycles. The van der Waals surface area contributed by atoms with Crippen LogP contribution in [0.15, 0.2) is 30.6 Å². The first-order valence-electron chi connectivity index (χ1n) is 30.3. The van der Waals surface area contributed by atoms with E-state index in [-0.39, 0.29) is 83.7 Å². The molecule has 2 saturated heterocycles. The summed E-state index contributed by atoms with van der Waals surface area (Å²) < 4.78 is 0. The van der Waals surface area contributed by atoms with Crippen LogP contribution in [0.5, 0.6) is 0 Å². The van der Waals surface area contributed by atoms with Crippen molar-refractivity contribution in [1.82, 2.24) is 57.0 Å². The highest BCUT2D eigenvalue weighted by Gasteiger charge is 2.53. The molecular weight excluding hydrogens is 1080 g/mol. The summed E-state index contributed by atoms with van der Waals surface area (Å²) in [5.74, 6) is -7.14. The number of aromatic nitrogens is 2. The lowest BCUT2D eigenvalue weighted by molar-refractivity contribution is -0.146. The van der Waals surface area contributed by atoms with Crippen molar-refractivity contribution in [2.24, 2.45) is 23.2 Å². The monoisotopic (exact) mass is 1160 g/mol. The Bertz CT molecular complexity index is 2850. The molecule has 8 rings (SSSR count). The Morgan fingerprint density at radius 3 is 2.07 bits per heavy atom. The van der Waals surface area contributed by atoms with Gasteiger partial charge in [-0.05, 0) is 99.5 Å². The minimum Gasteiger partial charge on any atom is -0.375 e. The molecule has 3 aliphatic carbocycles. The Morgan fingerprint density at radius 1 is 0.738 bits per heavy atom. The van der Waals surface area contributed by atoms with E-state index in [0.29, 0.717) is 51.7 Å². The minimum absolute atomic E-state index is 0.00693. The van der Waals surface area contributed by atoms with E-state index in [2.05, 4.69) is 52.5 Å². The zero-order chi connectivity index (χ0) is 60.2. The number of hydrogen-bond acceptors (Lipinski definition) is 15. The molecule has 8 N–H and O–H groups in total. The van der Waals surface area contributed by atoms with Crippen molar-refractivity contribution in [3.05, 3.63) is 53.1 Å². The molecule has 4 heterocycles. The van der Waals surface area contributed by atoms with Gasteiger partial charge in [-0.2, -0.15) is 0 Å². The Labute approximate surface area is 489 Å². The van der Waals surface area contributed by atoms with E-state index in [1.54, 1.807) is 17.0 Å². The number of likely N-dealkylation sites (tertiary alicyclic amines) is 1. The second-order valence-corrected chi connectivity index (χ2v) is 24.5. The maximum Gasteiger partial charge on any atom is 0.289 e. The second-order valence-electron chi connectivity index (χ2n) is 24.5. The molecular formula is C60H82N12O12. The van der Waals surface area contributed by atoms with Crippen molar-refractivity contribution in [3.8, 4) is 0 Å². The van der Waals surface area contributed by atoms with Crippen LogP contribution in [0.2, 0.25) is 0 Å². The molecule has 1 unspecified atom stereocenters. The number of Topliss-reactive ketones (excluding diaryl/α,β-unsaturated/α-hetero) is 1. The van der Waals surface area contributed by atoms with Crippen molar-refractivity contribution in [2.75, 3.05) is 31.5 Å². The maximum atomic E-state index is 14.9. The molecule has 1 aromatic carbocycles. The molecule has 0 bridgehead atoms. The number of anilines is 1. The third-order valence-electron chi connectivity index (χ3n) is 17.1. The number of hydrogen-bond donors (Lipinski definition) is 8. The summed E-state index contributed by atoms with van der Waals surface area (Å²) >= 11 is 0. The van der Waals surface area contributed by atoms with Crippen molar-refractivity contribution in [3.63, 3.8) is 0 Å². The van der Waals surface area contributed by atoms with Gasteiger partial charge in [0.25, 0.3) is 29.5 Å². The Balaban J connectivity index is 0.760. The number of unbranched alkanes of at least 4 members (excludes halogenated alkanes) is 5. The largest absolute Gasteiger partial charge is 0.375 e. The number of imide groups is 2. The highest BCUT2D eigenvalue weighted by atomic mass is 16.2. The summed E-state index contributed by atoms with van der Waals surface area (Å²) in [6.45, 7) is 8.33. The Kier molecular flexibility index (Phi) is 21.0. The molecule has 3 aliphatic heterocycles. The SMILES string of the molecule is CCC[C@H](NC(=O)[C@@H]1[C@H]2CCC[C@H]2CN1C(=O)[C@@H](NC(=O)[C@@H](NC(=O)c1cnc(C(=O)NCCCCCCCCNC(=O)CNc2cccc3c2C(=O)N(C2CCC(=O)NC2=O)C3=O)cn1)C1CCCCC1)C(C)(C)C)C(=O)C(=O)NC1CC1. The van der Waals surface area contributed by atoms with Crippen LogP contribution in [0.4, 0.5) is 5.69 Å². The van der Waals surface area contributed by atoms with Crippen LogP contribution >= 0.6 is 0 Å². The molecule has 6 aliphatic rings. The number of carbonyl (C=O) groups is 12. The highest BCUT2D eigenvalue weighted by Crippen LogP contribution is 2.43. The van der Waals surface area contributed by atoms with Crippen molar-refractivity contribution in [2.45, 2.75) is 192 Å².